The second-order valence-electron chi connectivity index (χ2n) is 5.39. The van der Waals surface area contributed by atoms with Gasteiger partial charge in [-0.15, -0.1) is 0 Å². The number of benzene rings is 2. The second-order valence-corrected chi connectivity index (χ2v) is 5.39. The molecule has 0 radical (unpaired) electrons. The van der Waals surface area contributed by atoms with Gasteiger partial charge in [0, 0.05) is 11.3 Å². The lowest BCUT2D eigenvalue weighted by molar-refractivity contribution is -0.298. The Balaban J connectivity index is 1.93. The van der Waals surface area contributed by atoms with E-state index in [9.17, 15) is 14.7 Å². The highest BCUT2D eigenvalue weighted by molar-refractivity contribution is 6.25. The summed E-state index contributed by atoms with van der Waals surface area (Å²) in [5.74, 6) is -2.07. The zero-order chi connectivity index (χ0) is 18.5. The average Bonchev–Trinajstić information content (AvgIpc) is 2.93. The van der Waals surface area contributed by atoms with E-state index >= 15 is 0 Å². The maximum atomic E-state index is 12.5. The third-order valence-corrected chi connectivity index (χ3v) is 3.63. The number of nitrogens with one attached hydrogen (secondary N) is 1. The molecule has 1 aliphatic rings. The van der Waals surface area contributed by atoms with Gasteiger partial charge >= 0.3 is 0 Å². The van der Waals surface area contributed by atoms with E-state index in [1.54, 1.807) is 48.5 Å². The molecule has 132 valence electrons. The predicted molar refractivity (Wildman–Crippen MR) is 93.8 cm³/mol. The highest BCUT2D eigenvalue weighted by Crippen LogP contribution is 2.29. The van der Waals surface area contributed by atoms with Crippen molar-refractivity contribution in [3.63, 3.8) is 0 Å². The van der Waals surface area contributed by atoms with Crippen molar-refractivity contribution >= 4 is 23.5 Å². The van der Waals surface area contributed by atoms with Crippen LogP contribution in [-0.4, -0.2) is 18.4 Å². The van der Waals surface area contributed by atoms with E-state index in [0.717, 1.165) is 0 Å². The molecule has 0 unspecified atom stereocenters. The fourth-order valence-corrected chi connectivity index (χ4v) is 2.48. The molecule has 0 amide bonds. The Kier molecular flexibility index (Phi) is 5.03. The van der Waals surface area contributed by atoms with Crippen molar-refractivity contribution in [3.8, 4) is 5.75 Å². The van der Waals surface area contributed by atoms with Crippen molar-refractivity contribution in [1.82, 2.24) is 0 Å². The number of allylic oxidation sites excluding steroid dienone is 1. The Morgan fingerprint density at radius 3 is 2.54 bits per heavy atom. The van der Waals surface area contributed by atoms with Crippen LogP contribution in [0.3, 0.4) is 0 Å². The Hall–Kier alpha value is -3.54. The summed E-state index contributed by atoms with van der Waals surface area (Å²) >= 11 is 0. The largest absolute Gasteiger partial charge is 0.544 e. The van der Waals surface area contributed by atoms with Gasteiger partial charge in [-0.2, -0.15) is 0 Å². The van der Waals surface area contributed by atoms with E-state index in [1.807, 2.05) is 13.0 Å². The predicted octanol–water partition coefficient (Wildman–Crippen LogP) is 2.10. The van der Waals surface area contributed by atoms with Crippen LogP contribution < -0.4 is 15.2 Å². The van der Waals surface area contributed by atoms with Crippen molar-refractivity contribution < 1.29 is 24.2 Å². The van der Waals surface area contributed by atoms with Gasteiger partial charge in [0.15, 0.2) is 5.76 Å². The molecule has 0 saturated heterocycles. The number of aliphatic carboxylic acids is 1. The van der Waals surface area contributed by atoms with Crippen molar-refractivity contribution in [3.05, 3.63) is 77.4 Å². The van der Waals surface area contributed by atoms with E-state index in [2.05, 4.69) is 5.32 Å². The molecule has 1 heterocycles. The smallest absolute Gasteiger partial charge is 0.235 e. The molecule has 2 aromatic carbocycles. The normalized spacial score (nSPS) is 15.1. The number of carbonyl (C=O) groups excluding carboxylic acids is 2. The van der Waals surface area contributed by atoms with Crippen molar-refractivity contribution in [2.75, 3.05) is 11.9 Å². The third-order valence-electron chi connectivity index (χ3n) is 3.63. The number of carboxylic acids is 1. The van der Waals surface area contributed by atoms with Crippen LogP contribution in [0.2, 0.25) is 0 Å². The van der Waals surface area contributed by atoms with E-state index in [0.29, 0.717) is 23.6 Å². The summed E-state index contributed by atoms with van der Waals surface area (Å²) in [5, 5.41) is 14.2. The number of para-hydroxylation sites is 2. The van der Waals surface area contributed by atoms with E-state index in [4.69, 9.17) is 9.47 Å². The fourth-order valence-electron chi connectivity index (χ4n) is 2.48. The average molecular weight is 350 g/mol. The summed E-state index contributed by atoms with van der Waals surface area (Å²) < 4.78 is 11.0. The van der Waals surface area contributed by atoms with Gasteiger partial charge in [0.2, 0.25) is 11.7 Å². The molecule has 26 heavy (non-hydrogen) atoms. The molecule has 1 N–H and O–H groups in total. The van der Waals surface area contributed by atoms with Crippen molar-refractivity contribution in [1.29, 1.82) is 0 Å². The van der Waals surface area contributed by atoms with Crippen LogP contribution in [-0.2, 0) is 14.3 Å². The van der Waals surface area contributed by atoms with E-state index < -0.39 is 17.3 Å². The standard InChI is InChI=1S/C20H17NO5/c1-2-25-15-11-7-6-8-13(15)12-16-18(22)17(20(23)24)19(26-16)21-14-9-4-3-5-10-14/h3-12,21H,2H2,1H3,(H,23,24)/p-1/b16-12-. The first-order chi connectivity index (χ1) is 12.6. The van der Waals surface area contributed by atoms with Crippen molar-refractivity contribution in [2.45, 2.75) is 6.92 Å². The number of hydrogen-bond acceptors (Lipinski definition) is 6. The van der Waals surface area contributed by atoms with Gasteiger partial charge in [-0.05, 0) is 31.2 Å². The first-order valence-corrected chi connectivity index (χ1v) is 8.04. The molecule has 0 aliphatic carbocycles. The lowest BCUT2D eigenvalue weighted by atomic mass is 10.1. The maximum absolute atomic E-state index is 12.5. The van der Waals surface area contributed by atoms with Crippen LogP contribution in [0.1, 0.15) is 12.5 Å². The lowest BCUT2D eigenvalue weighted by Gasteiger charge is -2.09. The summed E-state index contributed by atoms with van der Waals surface area (Å²) in [7, 11) is 0. The molecule has 0 fully saturated rings. The van der Waals surface area contributed by atoms with E-state index in [1.165, 1.54) is 6.08 Å². The van der Waals surface area contributed by atoms with Gasteiger partial charge in [0.1, 0.15) is 11.3 Å². The molecule has 6 nitrogen and oxygen atoms in total. The van der Waals surface area contributed by atoms with Gasteiger partial charge < -0.3 is 24.7 Å². The van der Waals surface area contributed by atoms with Crippen LogP contribution in [0.15, 0.2) is 71.8 Å². The molecule has 0 saturated carbocycles. The molecule has 0 spiro atoms. The zero-order valence-electron chi connectivity index (χ0n) is 14.0. The summed E-state index contributed by atoms with van der Waals surface area (Å²) in [4.78, 5) is 23.9. The molecule has 0 aromatic heterocycles. The highest BCUT2D eigenvalue weighted by Gasteiger charge is 2.32. The van der Waals surface area contributed by atoms with Crippen LogP contribution in [0.4, 0.5) is 5.69 Å². The van der Waals surface area contributed by atoms with Gasteiger partial charge in [-0.25, -0.2) is 0 Å². The molecular weight excluding hydrogens is 334 g/mol. The monoisotopic (exact) mass is 350 g/mol. The minimum Gasteiger partial charge on any atom is -0.544 e. The summed E-state index contributed by atoms with van der Waals surface area (Å²) in [5.41, 5.74) is 0.648. The second kappa shape index (κ2) is 7.57. The Labute approximate surface area is 150 Å². The number of hydrogen-bond donors (Lipinski definition) is 1. The quantitative estimate of drug-likeness (QED) is 0.634. The molecule has 0 atom stereocenters. The highest BCUT2D eigenvalue weighted by atomic mass is 16.5. The number of ether oxygens (including phenoxy) is 2. The Morgan fingerprint density at radius 1 is 1.15 bits per heavy atom. The fraction of sp³-hybridized carbons (Fsp3) is 0.100. The SMILES string of the molecule is CCOc1ccccc1/C=C1\OC(Nc2ccccc2)=C(C(=O)[O-])C1=O. The van der Waals surface area contributed by atoms with Gasteiger partial charge in [-0.3, -0.25) is 4.79 Å². The maximum Gasteiger partial charge on any atom is 0.235 e. The number of carbonyl (C=O) groups is 2. The minimum atomic E-state index is -1.60. The summed E-state index contributed by atoms with van der Waals surface area (Å²) in [6.07, 6.45) is 1.45. The number of carboxylic acid groups (broad SMARTS) is 1. The number of ketones is 1. The molecule has 6 heteroatoms. The lowest BCUT2D eigenvalue weighted by Crippen LogP contribution is -2.28. The number of Topliss-reactive ketones (excluding diaryl/α,β-unsaturated/α-hetero) is 1. The van der Waals surface area contributed by atoms with Gasteiger partial charge in [0.05, 0.1) is 12.6 Å². The van der Waals surface area contributed by atoms with Crippen LogP contribution in [0.5, 0.6) is 5.75 Å². The zero-order valence-corrected chi connectivity index (χ0v) is 14.0. The van der Waals surface area contributed by atoms with E-state index in [-0.39, 0.29) is 11.6 Å². The third kappa shape index (κ3) is 3.59. The number of rotatable bonds is 6. The molecule has 3 rings (SSSR count). The van der Waals surface area contributed by atoms with Crippen LogP contribution >= 0.6 is 0 Å². The number of anilines is 1. The Morgan fingerprint density at radius 2 is 1.85 bits per heavy atom. The first kappa shape index (κ1) is 17.3. The summed E-state index contributed by atoms with van der Waals surface area (Å²) in [6, 6.07) is 15.9. The summed E-state index contributed by atoms with van der Waals surface area (Å²) in [6.45, 7) is 2.30. The molecule has 0 bridgehead atoms. The first-order valence-electron chi connectivity index (χ1n) is 8.04. The Bertz CT molecular complexity index is 899. The van der Waals surface area contributed by atoms with Crippen LogP contribution in [0, 0.1) is 0 Å². The molecular formula is C20H16NO5-. The van der Waals surface area contributed by atoms with Crippen LogP contribution in [0.25, 0.3) is 6.08 Å². The van der Waals surface area contributed by atoms with Crippen molar-refractivity contribution in [2.24, 2.45) is 0 Å². The minimum absolute atomic E-state index is 0.116. The van der Waals surface area contributed by atoms with Gasteiger partial charge in [0.25, 0.3) is 0 Å². The molecule has 2 aromatic rings. The van der Waals surface area contributed by atoms with Gasteiger partial charge in [-0.1, -0.05) is 36.4 Å². The topological polar surface area (TPSA) is 87.7 Å². The molecule has 1 aliphatic heterocycles.